The summed E-state index contributed by atoms with van der Waals surface area (Å²) in [6, 6.07) is 6.53. The molecule has 0 spiro atoms. The second-order valence-electron chi connectivity index (χ2n) is 5.05. The van der Waals surface area contributed by atoms with Crippen LogP contribution in [0.25, 0.3) is 10.9 Å². The lowest BCUT2D eigenvalue weighted by Crippen LogP contribution is -2.11. The Morgan fingerprint density at radius 2 is 1.82 bits per heavy atom. The standard InChI is InChI=1S/C13H18N2.C2H6/c1-5-9-6-7-10-11(8-9)14-15-12(10)13(2,3)4;1-2/h6-8H,5H2,1-4H3,(H,14,15);1-2H3. The predicted octanol–water partition coefficient (Wildman–Crippen LogP) is 4.45. The molecule has 2 heteroatoms. The van der Waals surface area contributed by atoms with Crippen LogP contribution in [-0.4, -0.2) is 10.2 Å². The van der Waals surface area contributed by atoms with Gasteiger partial charge in [-0.25, -0.2) is 0 Å². The van der Waals surface area contributed by atoms with E-state index < -0.39 is 0 Å². The Morgan fingerprint density at radius 1 is 1.18 bits per heavy atom. The van der Waals surface area contributed by atoms with Crippen molar-refractivity contribution < 1.29 is 0 Å². The third-order valence-electron chi connectivity index (χ3n) is 2.78. The Balaban J connectivity index is 0.000000686. The van der Waals surface area contributed by atoms with Crippen molar-refractivity contribution in [3.63, 3.8) is 0 Å². The van der Waals surface area contributed by atoms with Gasteiger partial charge in [-0.1, -0.05) is 53.7 Å². The van der Waals surface area contributed by atoms with Gasteiger partial charge in [0.05, 0.1) is 5.52 Å². The number of aromatic amines is 1. The summed E-state index contributed by atoms with van der Waals surface area (Å²) in [5.41, 5.74) is 3.77. The first-order valence-electron chi connectivity index (χ1n) is 6.50. The molecule has 0 unspecified atom stereocenters. The van der Waals surface area contributed by atoms with E-state index >= 15 is 0 Å². The Kier molecular flexibility index (Phi) is 4.33. The van der Waals surface area contributed by atoms with E-state index in [9.17, 15) is 0 Å². The van der Waals surface area contributed by atoms with Crippen molar-refractivity contribution in [1.29, 1.82) is 0 Å². The number of aryl methyl sites for hydroxylation is 1. The second kappa shape index (κ2) is 5.35. The quantitative estimate of drug-likeness (QED) is 0.773. The molecule has 0 fully saturated rings. The first-order chi connectivity index (χ1) is 8.02. The molecule has 1 heterocycles. The molecule has 0 atom stereocenters. The summed E-state index contributed by atoms with van der Waals surface area (Å²) in [6.07, 6.45) is 1.06. The molecular formula is C15H24N2. The number of benzene rings is 1. The summed E-state index contributed by atoms with van der Waals surface area (Å²) in [7, 11) is 0. The largest absolute Gasteiger partial charge is 0.281 e. The zero-order valence-corrected chi connectivity index (χ0v) is 11.9. The van der Waals surface area contributed by atoms with Crippen molar-refractivity contribution in [3.8, 4) is 0 Å². The maximum atomic E-state index is 4.37. The lowest BCUT2D eigenvalue weighted by Gasteiger charge is -2.16. The molecule has 0 aliphatic heterocycles. The summed E-state index contributed by atoms with van der Waals surface area (Å²) >= 11 is 0. The molecule has 2 rings (SSSR count). The smallest absolute Gasteiger partial charge is 0.0926 e. The molecule has 1 aromatic carbocycles. The average Bonchev–Trinajstić information content (AvgIpc) is 2.73. The molecule has 1 aromatic heterocycles. The zero-order chi connectivity index (χ0) is 13.1. The fourth-order valence-corrected chi connectivity index (χ4v) is 1.85. The molecule has 0 radical (unpaired) electrons. The van der Waals surface area contributed by atoms with Gasteiger partial charge in [-0.2, -0.15) is 5.10 Å². The highest BCUT2D eigenvalue weighted by molar-refractivity contribution is 5.82. The van der Waals surface area contributed by atoms with Gasteiger partial charge in [0, 0.05) is 16.5 Å². The van der Waals surface area contributed by atoms with E-state index in [-0.39, 0.29) is 5.41 Å². The minimum Gasteiger partial charge on any atom is -0.281 e. The van der Waals surface area contributed by atoms with Gasteiger partial charge in [-0.15, -0.1) is 0 Å². The average molecular weight is 232 g/mol. The number of rotatable bonds is 1. The summed E-state index contributed by atoms with van der Waals surface area (Å²) in [5, 5.41) is 8.77. The van der Waals surface area contributed by atoms with Gasteiger partial charge in [0.1, 0.15) is 0 Å². The molecule has 0 saturated carbocycles. The molecule has 0 aliphatic rings. The molecule has 0 saturated heterocycles. The highest BCUT2D eigenvalue weighted by Gasteiger charge is 2.19. The van der Waals surface area contributed by atoms with Gasteiger partial charge < -0.3 is 0 Å². The highest BCUT2D eigenvalue weighted by atomic mass is 15.1. The first-order valence-corrected chi connectivity index (χ1v) is 6.50. The Hall–Kier alpha value is -1.31. The van der Waals surface area contributed by atoms with Crippen LogP contribution >= 0.6 is 0 Å². The van der Waals surface area contributed by atoms with E-state index in [0.29, 0.717) is 0 Å². The number of nitrogens with one attached hydrogen (secondary N) is 1. The molecule has 0 bridgehead atoms. The molecule has 94 valence electrons. The van der Waals surface area contributed by atoms with E-state index in [1.807, 2.05) is 13.8 Å². The van der Waals surface area contributed by atoms with Crippen LogP contribution in [0.4, 0.5) is 0 Å². The van der Waals surface area contributed by atoms with Crippen molar-refractivity contribution in [2.24, 2.45) is 0 Å². The monoisotopic (exact) mass is 232 g/mol. The topological polar surface area (TPSA) is 28.7 Å². The van der Waals surface area contributed by atoms with Crippen molar-refractivity contribution in [3.05, 3.63) is 29.5 Å². The summed E-state index contributed by atoms with van der Waals surface area (Å²) in [4.78, 5) is 0. The number of H-pyrrole nitrogens is 1. The van der Waals surface area contributed by atoms with Crippen LogP contribution in [0.15, 0.2) is 18.2 Å². The fraction of sp³-hybridized carbons (Fsp3) is 0.533. The van der Waals surface area contributed by atoms with Gasteiger partial charge in [0.25, 0.3) is 0 Å². The third kappa shape index (κ3) is 2.87. The Morgan fingerprint density at radius 3 is 2.35 bits per heavy atom. The van der Waals surface area contributed by atoms with Crippen molar-refractivity contribution in [1.82, 2.24) is 10.2 Å². The van der Waals surface area contributed by atoms with Crippen molar-refractivity contribution >= 4 is 10.9 Å². The summed E-state index contributed by atoms with van der Waals surface area (Å²) < 4.78 is 0. The van der Waals surface area contributed by atoms with Gasteiger partial charge in [0.15, 0.2) is 0 Å². The van der Waals surface area contributed by atoms with Crippen LogP contribution in [0, 0.1) is 0 Å². The molecule has 2 nitrogen and oxygen atoms in total. The number of fused-ring (bicyclic) bond motifs is 1. The van der Waals surface area contributed by atoms with Gasteiger partial charge in [0.2, 0.25) is 0 Å². The summed E-state index contributed by atoms with van der Waals surface area (Å²) in [5.74, 6) is 0. The van der Waals surface area contributed by atoms with Crippen LogP contribution in [0.3, 0.4) is 0 Å². The van der Waals surface area contributed by atoms with E-state index in [0.717, 1.165) is 11.9 Å². The van der Waals surface area contributed by atoms with Crippen LogP contribution < -0.4 is 0 Å². The van der Waals surface area contributed by atoms with E-state index in [2.05, 4.69) is 56.1 Å². The van der Waals surface area contributed by atoms with Gasteiger partial charge in [-0.3, -0.25) is 5.10 Å². The first kappa shape index (κ1) is 13.8. The van der Waals surface area contributed by atoms with Gasteiger partial charge in [-0.05, 0) is 18.1 Å². The molecular weight excluding hydrogens is 208 g/mol. The number of hydrogen-bond acceptors (Lipinski definition) is 1. The minimum atomic E-state index is 0.127. The fourth-order valence-electron chi connectivity index (χ4n) is 1.85. The van der Waals surface area contributed by atoms with Crippen LogP contribution in [0.5, 0.6) is 0 Å². The number of aromatic nitrogens is 2. The van der Waals surface area contributed by atoms with E-state index in [1.165, 1.54) is 16.6 Å². The summed E-state index contributed by atoms with van der Waals surface area (Å²) in [6.45, 7) is 12.8. The third-order valence-corrected chi connectivity index (χ3v) is 2.78. The zero-order valence-electron chi connectivity index (χ0n) is 11.9. The predicted molar refractivity (Wildman–Crippen MR) is 75.5 cm³/mol. The number of hydrogen-bond donors (Lipinski definition) is 1. The van der Waals surface area contributed by atoms with E-state index in [1.54, 1.807) is 0 Å². The maximum Gasteiger partial charge on any atom is 0.0926 e. The van der Waals surface area contributed by atoms with Gasteiger partial charge >= 0.3 is 0 Å². The minimum absolute atomic E-state index is 0.127. The molecule has 0 aliphatic carbocycles. The van der Waals surface area contributed by atoms with Crippen molar-refractivity contribution in [2.45, 2.75) is 53.4 Å². The lowest BCUT2D eigenvalue weighted by molar-refractivity contribution is 0.571. The SMILES string of the molecule is CC.CCc1ccc2c(C(C)(C)C)[nH]nc2c1. The second-order valence-corrected chi connectivity index (χ2v) is 5.05. The lowest BCUT2D eigenvalue weighted by atomic mass is 9.90. The number of nitrogens with zero attached hydrogens (tertiary/aromatic N) is 1. The molecule has 17 heavy (non-hydrogen) atoms. The molecule has 2 aromatic rings. The Bertz CT molecular complexity index is 475. The highest BCUT2D eigenvalue weighted by Crippen LogP contribution is 2.28. The van der Waals surface area contributed by atoms with Crippen molar-refractivity contribution in [2.75, 3.05) is 0 Å². The normalized spacial score (nSPS) is 11.2. The van der Waals surface area contributed by atoms with Crippen LogP contribution in [0.1, 0.15) is 52.8 Å². The molecule has 1 N–H and O–H groups in total. The van der Waals surface area contributed by atoms with Crippen LogP contribution in [-0.2, 0) is 11.8 Å². The van der Waals surface area contributed by atoms with Crippen LogP contribution in [0.2, 0.25) is 0 Å². The molecule has 0 amide bonds. The van der Waals surface area contributed by atoms with E-state index in [4.69, 9.17) is 0 Å². The Labute approximate surface area is 104 Å². The maximum absolute atomic E-state index is 4.37.